The minimum atomic E-state index is -0.864. The number of carboxylic acid groups (broad SMARTS) is 1. The molecule has 5 aliphatic rings. The first-order valence-electron chi connectivity index (χ1n) is 24.1. The van der Waals surface area contributed by atoms with Crippen LogP contribution in [-0.4, -0.2) is 69.2 Å². The average Bonchev–Trinajstić information content (AvgIpc) is 3.70. The average molecular weight is 881 g/mol. The Morgan fingerprint density at radius 3 is 2.23 bits per heavy atom. The van der Waals surface area contributed by atoms with E-state index in [0.717, 1.165) is 73.0 Å². The van der Waals surface area contributed by atoms with Crippen LogP contribution in [0.4, 0.5) is 5.69 Å². The largest absolute Gasteiger partial charge is 0.478 e. The lowest BCUT2D eigenvalue weighted by atomic mass is 9.76. The Morgan fingerprint density at radius 2 is 1.49 bits per heavy atom. The van der Waals surface area contributed by atoms with Crippen LogP contribution in [0.25, 0.3) is 16.1 Å². The number of hydrogen-bond donors (Lipinski definition) is 1. The molecule has 6 aromatic rings. The van der Waals surface area contributed by atoms with Crippen molar-refractivity contribution in [1.29, 1.82) is 0 Å². The fraction of sp³-hybridized carbons (Fsp3) is 0.393. The molecule has 8 nitrogen and oxygen atoms in total. The monoisotopic (exact) mass is 880 g/mol. The van der Waals surface area contributed by atoms with Crippen molar-refractivity contribution in [1.82, 2.24) is 19.7 Å². The van der Waals surface area contributed by atoms with Crippen LogP contribution in [0.1, 0.15) is 135 Å². The minimum Gasteiger partial charge on any atom is -0.478 e. The summed E-state index contributed by atoms with van der Waals surface area (Å²) in [4.78, 5) is 23.7. The van der Waals surface area contributed by atoms with E-state index in [1.807, 2.05) is 30.4 Å². The molecule has 0 bridgehead atoms. The van der Waals surface area contributed by atoms with Gasteiger partial charge < -0.3 is 14.9 Å². The van der Waals surface area contributed by atoms with Crippen molar-refractivity contribution in [3.8, 4) is 5.00 Å². The van der Waals surface area contributed by atoms with Crippen molar-refractivity contribution in [2.75, 3.05) is 37.6 Å². The van der Waals surface area contributed by atoms with Crippen LogP contribution in [0.15, 0.2) is 102 Å². The van der Waals surface area contributed by atoms with E-state index in [1.165, 1.54) is 117 Å². The van der Waals surface area contributed by atoms with Gasteiger partial charge in [0.1, 0.15) is 16.9 Å². The fourth-order valence-electron chi connectivity index (χ4n) is 11.8. The fourth-order valence-corrected chi connectivity index (χ4v) is 13.0. The second kappa shape index (κ2) is 17.3. The first-order valence-corrected chi connectivity index (χ1v) is 24.9. The van der Waals surface area contributed by atoms with Crippen LogP contribution in [0, 0.1) is 38.5 Å². The van der Waals surface area contributed by atoms with Gasteiger partial charge in [0.15, 0.2) is 5.82 Å². The second-order valence-electron chi connectivity index (χ2n) is 19.8. The van der Waals surface area contributed by atoms with Gasteiger partial charge in [-0.05, 0) is 153 Å². The first-order chi connectivity index (χ1) is 31.6. The van der Waals surface area contributed by atoms with E-state index < -0.39 is 5.97 Å². The van der Waals surface area contributed by atoms with Crippen LogP contribution in [0.5, 0.6) is 0 Å². The molecule has 2 saturated heterocycles. The summed E-state index contributed by atoms with van der Waals surface area (Å²) < 4.78 is 2.21. The summed E-state index contributed by atoms with van der Waals surface area (Å²) in [6.45, 7) is 14.5. The number of carboxylic acids is 1. The summed E-state index contributed by atoms with van der Waals surface area (Å²) in [6, 6.07) is 34.9. The SMILES string of the molecule is Cc1sc2c(c1C)C(c1ccc(N3CC(CC4CCC(CN5CC(c6ccc(C7=C(c8ccccc8)CCCc8cc(C(=O)O)ccc87)cc6)C5)CC4)C3)cc1)=N[C@@H](C)c1nnc(C)n1-2. The third-order valence-electron chi connectivity index (χ3n) is 15.5. The summed E-state index contributed by atoms with van der Waals surface area (Å²) in [5.41, 5.74) is 15.3. The maximum Gasteiger partial charge on any atom is 0.335 e. The Bertz CT molecular complexity index is 2800. The van der Waals surface area contributed by atoms with Crippen molar-refractivity contribution in [2.24, 2.45) is 22.7 Å². The predicted molar refractivity (Wildman–Crippen MR) is 264 cm³/mol. The highest BCUT2D eigenvalue weighted by molar-refractivity contribution is 7.15. The number of fused-ring (bicyclic) bond motifs is 4. The lowest BCUT2D eigenvalue weighted by Crippen LogP contribution is -2.48. The van der Waals surface area contributed by atoms with Crippen molar-refractivity contribution < 1.29 is 9.90 Å². The molecule has 1 N–H and O–H groups in total. The van der Waals surface area contributed by atoms with Gasteiger partial charge in [-0.1, -0.05) is 85.6 Å². The van der Waals surface area contributed by atoms with Crippen LogP contribution in [0.3, 0.4) is 0 Å². The number of rotatable bonds is 10. The number of aromatic carboxylic acids is 1. The first kappa shape index (κ1) is 42.0. The molecule has 1 atom stereocenters. The zero-order valence-corrected chi connectivity index (χ0v) is 39.1. The number of anilines is 1. The number of allylic oxidation sites excluding steroid dienone is 1. The maximum absolute atomic E-state index is 11.9. The zero-order chi connectivity index (χ0) is 44.3. The van der Waals surface area contributed by atoms with Gasteiger partial charge in [-0.3, -0.25) is 9.56 Å². The molecule has 1 saturated carbocycles. The lowest BCUT2D eigenvalue weighted by molar-refractivity contribution is 0.0696. The molecule has 0 spiro atoms. The molecule has 0 unspecified atom stereocenters. The molecule has 2 aromatic heterocycles. The highest BCUT2D eigenvalue weighted by Gasteiger charge is 2.35. The molecule has 11 rings (SSSR count). The van der Waals surface area contributed by atoms with Gasteiger partial charge in [0.25, 0.3) is 0 Å². The summed E-state index contributed by atoms with van der Waals surface area (Å²) in [5.74, 6) is 4.05. The van der Waals surface area contributed by atoms with E-state index in [9.17, 15) is 9.90 Å². The van der Waals surface area contributed by atoms with Gasteiger partial charge in [-0.15, -0.1) is 21.5 Å². The summed E-state index contributed by atoms with van der Waals surface area (Å²) in [7, 11) is 0. The smallest absolute Gasteiger partial charge is 0.335 e. The molecule has 3 aliphatic heterocycles. The molecule has 0 amide bonds. The Kier molecular flexibility index (Phi) is 11.2. The molecular formula is C56H60N6O2S. The molecule has 4 aromatic carbocycles. The van der Waals surface area contributed by atoms with Crippen LogP contribution in [-0.2, 0) is 6.42 Å². The molecule has 0 radical (unpaired) electrons. The number of nitrogens with zero attached hydrogens (tertiary/aromatic N) is 6. The molecule has 5 heterocycles. The van der Waals surface area contributed by atoms with Gasteiger partial charge in [-0.25, -0.2) is 4.79 Å². The van der Waals surface area contributed by atoms with Crippen LogP contribution in [0.2, 0.25) is 0 Å². The molecule has 9 heteroatoms. The molecular weight excluding hydrogens is 821 g/mol. The van der Waals surface area contributed by atoms with Gasteiger partial charge in [0.05, 0.1) is 11.3 Å². The van der Waals surface area contributed by atoms with Crippen molar-refractivity contribution in [3.05, 3.63) is 164 Å². The number of hydrogen-bond acceptors (Lipinski definition) is 7. The summed E-state index contributed by atoms with van der Waals surface area (Å²) in [6.07, 6.45) is 9.73. The van der Waals surface area contributed by atoms with E-state index in [1.54, 1.807) is 6.07 Å². The zero-order valence-electron chi connectivity index (χ0n) is 38.3. The van der Waals surface area contributed by atoms with Gasteiger partial charge >= 0.3 is 5.97 Å². The number of carbonyl (C=O) groups is 1. The third kappa shape index (κ3) is 7.99. The van der Waals surface area contributed by atoms with Crippen molar-refractivity contribution in [2.45, 2.75) is 91.0 Å². The normalized spacial score (nSPS) is 21.4. The molecule has 2 aliphatic carbocycles. The van der Waals surface area contributed by atoms with Gasteiger partial charge in [-0.2, -0.15) is 0 Å². The third-order valence-corrected chi connectivity index (χ3v) is 16.7. The van der Waals surface area contributed by atoms with E-state index in [0.29, 0.717) is 11.5 Å². The number of aryl methyl sites for hydroxylation is 3. The van der Waals surface area contributed by atoms with Gasteiger partial charge in [0, 0.05) is 60.3 Å². The standard InChI is InChI=1S/C56H60N6O2S/c1-34-36(3)65-55-51(34)53(57-35(2)54-59-58-37(4)62(54)55)44-21-24-48(25-22-44)61-30-40(31-61)27-38-13-15-39(16-14-38)29-60-32-47(33-60)41-17-19-43(20-18-41)52-49(42-9-6-5-7-10-42)12-8-11-45-28-46(56(63)64)23-26-50(45)52/h5-7,9-10,17-26,28,35,38-40,47H,8,11-16,27,29-33H2,1-4H3,(H,63,64)/t35-,38?,39?/m0/s1. The number of aliphatic imine (C=N–C) groups is 1. The lowest BCUT2D eigenvalue weighted by Gasteiger charge is -2.45. The predicted octanol–water partition coefficient (Wildman–Crippen LogP) is 11.9. The van der Waals surface area contributed by atoms with E-state index in [-0.39, 0.29) is 6.04 Å². The topological polar surface area (TPSA) is 86.8 Å². The number of benzene rings is 4. The van der Waals surface area contributed by atoms with E-state index in [4.69, 9.17) is 4.99 Å². The quantitative estimate of drug-likeness (QED) is 0.147. The van der Waals surface area contributed by atoms with Gasteiger partial charge in [0.2, 0.25) is 0 Å². The Morgan fingerprint density at radius 1 is 0.769 bits per heavy atom. The van der Waals surface area contributed by atoms with Crippen molar-refractivity contribution >= 4 is 39.9 Å². The summed E-state index contributed by atoms with van der Waals surface area (Å²) >= 11 is 1.82. The maximum atomic E-state index is 11.9. The Balaban J connectivity index is 0.661. The number of aromatic nitrogens is 3. The highest BCUT2D eigenvalue weighted by atomic mass is 32.1. The Hall–Kier alpha value is -5.64. The van der Waals surface area contributed by atoms with Crippen molar-refractivity contribution in [3.63, 3.8) is 0 Å². The van der Waals surface area contributed by atoms with E-state index in [2.05, 4.69) is 124 Å². The van der Waals surface area contributed by atoms with Crippen LogP contribution >= 0.6 is 11.3 Å². The van der Waals surface area contributed by atoms with Crippen LogP contribution < -0.4 is 4.90 Å². The minimum absolute atomic E-state index is 0.0693. The number of likely N-dealkylation sites (tertiary alicyclic amines) is 1. The molecule has 65 heavy (non-hydrogen) atoms. The Labute approximate surface area is 387 Å². The summed E-state index contributed by atoms with van der Waals surface area (Å²) in [5, 5.41) is 19.9. The molecule has 3 fully saturated rings. The highest BCUT2D eigenvalue weighted by Crippen LogP contribution is 2.43. The molecule has 332 valence electrons. The number of thiophene rings is 1. The van der Waals surface area contributed by atoms with E-state index >= 15 is 0 Å². The second-order valence-corrected chi connectivity index (χ2v) is 21.0.